The zero-order chi connectivity index (χ0) is 9.80. The lowest BCUT2D eigenvalue weighted by molar-refractivity contribution is 0.433. The van der Waals surface area contributed by atoms with E-state index in [0.29, 0.717) is 6.04 Å². The third-order valence-corrected chi connectivity index (χ3v) is 3.82. The lowest BCUT2D eigenvalue weighted by Crippen LogP contribution is -2.22. The summed E-state index contributed by atoms with van der Waals surface area (Å²) in [5.74, 6) is 0.799. The van der Waals surface area contributed by atoms with Crippen molar-refractivity contribution in [3.63, 3.8) is 0 Å². The van der Waals surface area contributed by atoms with Crippen LogP contribution in [0.15, 0.2) is 12.3 Å². The molecule has 1 aromatic rings. The van der Waals surface area contributed by atoms with Crippen LogP contribution >= 0.6 is 11.5 Å². The summed E-state index contributed by atoms with van der Waals surface area (Å²) in [6.07, 6.45) is 9.55. The first-order valence-corrected chi connectivity index (χ1v) is 6.27. The second-order valence-electron chi connectivity index (χ2n) is 4.33. The van der Waals surface area contributed by atoms with Gasteiger partial charge in [0, 0.05) is 17.1 Å². The van der Waals surface area contributed by atoms with E-state index in [1.807, 2.05) is 6.20 Å². The van der Waals surface area contributed by atoms with Gasteiger partial charge < -0.3 is 5.73 Å². The van der Waals surface area contributed by atoms with E-state index in [1.54, 1.807) is 11.5 Å². The second-order valence-corrected chi connectivity index (χ2v) is 5.25. The monoisotopic (exact) mass is 210 g/mol. The van der Waals surface area contributed by atoms with Crippen LogP contribution in [0.5, 0.6) is 0 Å². The average Bonchev–Trinajstić information content (AvgIpc) is 2.56. The molecule has 2 rings (SSSR count). The van der Waals surface area contributed by atoms with Gasteiger partial charge in [-0.15, -0.1) is 0 Å². The van der Waals surface area contributed by atoms with Crippen molar-refractivity contribution < 1.29 is 0 Å². The minimum absolute atomic E-state index is 0.440. The van der Waals surface area contributed by atoms with Gasteiger partial charge in [0.05, 0.1) is 0 Å². The predicted molar refractivity (Wildman–Crippen MR) is 60.4 cm³/mol. The van der Waals surface area contributed by atoms with Crippen molar-refractivity contribution in [1.29, 1.82) is 0 Å². The van der Waals surface area contributed by atoms with Crippen molar-refractivity contribution in [3.05, 3.63) is 17.1 Å². The number of aromatic nitrogens is 1. The molecule has 1 aliphatic carbocycles. The molecule has 0 spiro atoms. The van der Waals surface area contributed by atoms with Crippen molar-refractivity contribution in [1.82, 2.24) is 4.37 Å². The molecule has 1 heterocycles. The van der Waals surface area contributed by atoms with Gasteiger partial charge in [-0.25, -0.2) is 4.37 Å². The molecular weight excluding hydrogens is 192 g/mol. The molecule has 0 saturated heterocycles. The van der Waals surface area contributed by atoms with Gasteiger partial charge in [0.1, 0.15) is 0 Å². The summed E-state index contributed by atoms with van der Waals surface area (Å²) in [5.41, 5.74) is 6.04. The minimum atomic E-state index is 0.440. The molecule has 2 atom stereocenters. The molecule has 14 heavy (non-hydrogen) atoms. The number of rotatable bonds is 2. The molecular formula is C11H18N2S. The maximum absolute atomic E-state index is 6.04. The molecule has 2 N–H and O–H groups in total. The zero-order valence-corrected chi connectivity index (χ0v) is 9.30. The van der Waals surface area contributed by atoms with Crippen molar-refractivity contribution in [2.24, 2.45) is 11.7 Å². The molecule has 1 fully saturated rings. The van der Waals surface area contributed by atoms with Crippen LogP contribution in [-0.2, 0) is 6.42 Å². The number of nitrogens with two attached hydrogens (primary N) is 1. The Morgan fingerprint density at radius 3 is 3.07 bits per heavy atom. The first-order valence-electron chi connectivity index (χ1n) is 5.50. The standard InChI is InChI=1S/C11H18N2S/c12-10-4-2-1-3-9(7-10)8-11-5-6-13-14-11/h5-6,9-10H,1-4,7-8,12H2. The van der Waals surface area contributed by atoms with Crippen LogP contribution in [0.1, 0.15) is 37.0 Å². The Morgan fingerprint density at radius 2 is 2.29 bits per heavy atom. The Hall–Kier alpha value is -0.410. The van der Waals surface area contributed by atoms with E-state index >= 15 is 0 Å². The second kappa shape index (κ2) is 4.89. The van der Waals surface area contributed by atoms with Gasteiger partial charge in [0.2, 0.25) is 0 Å². The van der Waals surface area contributed by atoms with Crippen molar-refractivity contribution in [2.75, 3.05) is 0 Å². The van der Waals surface area contributed by atoms with E-state index in [9.17, 15) is 0 Å². The first kappa shape index (κ1) is 10.1. The summed E-state index contributed by atoms with van der Waals surface area (Å²) < 4.78 is 4.14. The van der Waals surface area contributed by atoms with Crippen molar-refractivity contribution in [3.8, 4) is 0 Å². The van der Waals surface area contributed by atoms with Crippen LogP contribution in [0.4, 0.5) is 0 Å². The summed E-state index contributed by atoms with van der Waals surface area (Å²) in [4.78, 5) is 1.42. The Bertz CT molecular complexity index is 258. The molecule has 0 radical (unpaired) electrons. The maximum atomic E-state index is 6.04. The summed E-state index contributed by atoms with van der Waals surface area (Å²) in [6, 6.07) is 2.58. The molecule has 1 saturated carbocycles. The van der Waals surface area contributed by atoms with E-state index in [0.717, 1.165) is 5.92 Å². The normalized spacial score (nSPS) is 28.6. The molecule has 0 aromatic carbocycles. The molecule has 3 heteroatoms. The van der Waals surface area contributed by atoms with Gasteiger partial charge >= 0.3 is 0 Å². The first-order chi connectivity index (χ1) is 6.84. The minimum Gasteiger partial charge on any atom is -0.328 e. The van der Waals surface area contributed by atoms with Gasteiger partial charge in [-0.2, -0.15) is 0 Å². The van der Waals surface area contributed by atoms with Gasteiger partial charge in [-0.05, 0) is 42.8 Å². The topological polar surface area (TPSA) is 38.9 Å². The zero-order valence-electron chi connectivity index (χ0n) is 8.48. The molecule has 1 aliphatic rings. The average molecular weight is 210 g/mol. The predicted octanol–water partition coefficient (Wildman–Crippen LogP) is 2.59. The van der Waals surface area contributed by atoms with Gasteiger partial charge in [-0.1, -0.05) is 19.3 Å². The summed E-state index contributed by atoms with van der Waals surface area (Å²) in [6.45, 7) is 0. The summed E-state index contributed by atoms with van der Waals surface area (Å²) in [5, 5.41) is 0. The number of hydrogen-bond acceptors (Lipinski definition) is 3. The fraction of sp³-hybridized carbons (Fsp3) is 0.727. The number of hydrogen-bond donors (Lipinski definition) is 1. The molecule has 78 valence electrons. The Labute approximate surface area is 89.7 Å². The smallest absolute Gasteiger partial charge is 0.0409 e. The van der Waals surface area contributed by atoms with E-state index in [2.05, 4.69) is 10.4 Å². The van der Waals surface area contributed by atoms with E-state index in [1.165, 1.54) is 43.4 Å². The highest BCUT2D eigenvalue weighted by Gasteiger charge is 2.18. The Morgan fingerprint density at radius 1 is 1.43 bits per heavy atom. The van der Waals surface area contributed by atoms with E-state index < -0.39 is 0 Å². The van der Waals surface area contributed by atoms with Crippen molar-refractivity contribution >= 4 is 11.5 Å². The fourth-order valence-corrected chi connectivity index (χ4v) is 3.01. The molecule has 0 aliphatic heterocycles. The lowest BCUT2D eigenvalue weighted by Gasteiger charge is -2.15. The molecule has 1 aromatic heterocycles. The van der Waals surface area contributed by atoms with Crippen LogP contribution in [-0.4, -0.2) is 10.4 Å². The molecule has 2 nitrogen and oxygen atoms in total. The van der Waals surface area contributed by atoms with Crippen molar-refractivity contribution in [2.45, 2.75) is 44.6 Å². The van der Waals surface area contributed by atoms with Crippen LogP contribution in [0.3, 0.4) is 0 Å². The van der Waals surface area contributed by atoms with Crippen LogP contribution < -0.4 is 5.73 Å². The Kier molecular flexibility index (Phi) is 3.54. The lowest BCUT2D eigenvalue weighted by atomic mass is 9.94. The van der Waals surface area contributed by atoms with Crippen LogP contribution in [0.25, 0.3) is 0 Å². The highest BCUT2D eigenvalue weighted by molar-refractivity contribution is 7.05. The highest BCUT2D eigenvalue weighted by atomic mass is 32.1. The highest BCUT2D eigenvalue weighted by Crippen LogP contribution is 2.26. The van der Waals surface area contributed by atoms with Gasteiger partial charge in [-0.3, -0.25) is 0 Å². The quantitative estimate of drug-likeness (QED) is 0.762. The molecule has 0 amide bonds. The SMILES string of the molecule is NC1CCCCC(Cc2ccns2)C1. The largest absolute Gasteiger partial charge is 0.328 e. The molecule has 0 bridgehead atoms. The van der Waals surface area contributed by atoms with Crippen LogP contribution in [0, 0.1) is 5.92 Å². The molecule has 2 unspecified atom stereocenters. The fourth-order valence-electron chi connectivity index (χ4n) is 2.32. The van der Waals surface area contributed by atoms with E-state index in [4.69, 9.17) is 5.73 Å². The Balaban J connectivity index is 1.90. The number of nitrogens with zero attached hydrogens (tertiary/aromatic N) is 1. The van der Waals surface area contributed by atoms with Gasteiger partial charge in [0.15, 0.2) is 0 Å². The third-order valence-electron chi connectivity index (χ3n) is 3.05. The maximum Gasteiger partial charge on any atom is 0.0409 e. The van der Waals surface area contributed by atoms with E-state index in [-0.39, 0.29) is 0 Å². The third kappa shape index (κ3) is 2.79. The summed E-state index contributed by atoms with van der Waals surface area (Å²) >= 11 is 1.63. The van der Waals surface area contributed by atoms with Gasteiger partial charge in [0.25, 0.3) is 0 Å². The summed E-state index contributed by atoms with van der Waals surface area (Å²) in [7, 11) is 0. The van der Waals surface area contributed by atoms with Crippen LogP contribution in [0.2, 0.25) is 0 Å².